The number of rotatable bonds is 6. The molecule has 3 aromatic rings. The van der Waals surface area contributed by atoms with Crippen LogP contribution in [0.5, 0.6) is 0 Å². The summed E-state index contributed by atoms with van der Waals surface area (Å²) in [6.07, 6.45) is 2.95. The van der Waals surface area contributed by atoms with Gasteiger partial charge in [0.2, 0.25) is 0 Å². The van der Waals surface area contributed by atoms with Gasteiger partial charge in [-0.2, -0.15) is 5.26 Å². The summed E-state index contributed by atoms with van der Waals surface area (Å²) in [5, 5.41) is 22.1. The van der Waals surface area contributed by atoms with Gasteiger partial charge in [0.1, 0.15) is 23.5 Å². The fourth-order valence-corrected chi connectivity index (χ4v) is 3.14. The van der Waals surface area contributed by atoms with Crippen molar-refractivity contribution < 1.29 is 19.1 Å². The van der Waals surface area contributed by atoms with Gasteiger partial charge in [-0.15, -0.1) is 0 Å². The number of fused-ring (bicyclic) bond motifs is 1. The van der Waals surface area contributed by atoms with Gasteiger partial charge in [0.15, 0.2) is 0 Å². The Morgan fingerprint density at radius 2 is 1.93 bits per heavy atom. The predicted molar refractivity (Wildman–Crippen MR) is 106 cm³/mol. The molecule has 0 aliphatic heterocycles. The molecular weight excluding hydrogens is 373 g/mol. The molecule has 0 unspecified atom stereocenters. The Kier molecular flexibility index (Phi) is 5.74. The highest BCUT2D eigenvalue weighted by molar-refractivity contribution is 6.03. The maximum Gasteiger partial charge on any atom is 0.326 e. The average Bonchev–Trinajstić information content (AvgIpc) is 3.02. The summed E-state index contributed by atoms with van der Waals surface area (Å²) in [6, 6.07) is 13.7. The maximum atomic E-state index is 13.8. The fourth-order valence-electron chi connectivity index (χ4n) is 3.14. The number of carbonyl (C=O) groups excluding carboxylic acids is 1. The molecule has 0 spiro atoms. The minimum atomic E-state index is -1.24. The molecule has 0 radical (unpaired) electrons. The molecule has 29 heavy (non-hydrogen) atoms. The molecule has 0 saturated carbocycles. The van der Waals surface area contributed by atoms with Crippen molar-refractivity contribution >= 4 is 28.9 Å². The molecule has 0 aliphatic rings. The number of aliphatic carboxylic acids is 1. The van der Waals surface area contributed by atoms with Gasteiger partial charge in [-0.3, -0.25) is 4.79 Å². The van der Waals surface area contributed by atoms with Gasteiger partial charge < -0.3 is 15.0 Å². The summed E-state index contributed by atoms with van der Waals surface area (Å²) in [5.41, 5.74) is 1.39. The molecule has 2 N–H and O–H groups in total. The molecule has 7 heteroatoms. The van der Waals surface area contributed by atoms with E-state index in [1.165, 1.54) is 18.2 Å². The van der Waals surface area contributed by atoms with E-state index in [4.69, 9.17) is 0 Å². The van der Waals surface area contributed by atoms with E-state index in [1.807, 2.05) is 42.1 Å². The van der Waals surface area contributed by atoms with E-state index in [0.29, 0.717) is 0 Å². The first kappa shape index (κ1) is 19.8. The highest BCUT2D eigenvalue weighted by atomic mass is 19.1. The van der Waals surface area contributed by atoms with Gasteiger partial charge in [0, 0.05) is 36.1 Å². The van der Waals surface area contributed by atoms with Crippen molar-refractivity contribution in [1.29, 1.82) is 5.26 Å². The summed E-state index contributed by atoms with van der Waals surface area (Å²) in [5.74, 6) is -2.68. The number of para-hydroxylation sites is 1. The van der Waals surface area contributed by atoms with Crippen LogP contribution in [0.1, 0.15) is 11.1 Å². The van der Waals surface area contributed by atoms with Crippen LogP contribution in [0.2, 0.25) is 0 Å². The van der Waals surface area contributed by atoms with Crippen LogP contribution in [0, 0.1) is 17.1 Å². The molecule has 0 saturated heterocycles. The van der Waals surface area contributed by atoms with Crippen molar-refractivity contribution in [3.8, 4) is 6.07 Å². The van der Waals surface area contributed by atoms with Crippen LogP contribution < -0.4 is 5.32 Å². The molecule has 2 aromatic carbocycles. The minimum absolute atomic E-state index is 0.0425. The van der Waals surface area contributed by atoms with Crippen LogP contribution in [-0.4, -0.2) is 27.6 Å². The summed E-state index contributed by atoms with van der Waals surface area (Å²) in [6.45, 7) is 0. The summed E-state index contributed by atoms with van der Waals surface area (Å²) in [4.78, 5) is 24.2. The second-order valence-electron chi connectivity index (χ2n) is 6.54. The van der Waals surface area contributed by atoms with Gasteiger partial charge >= 0.3 is 5.97 Å². The van der Waals surface area contributed by atoms with Gasteiger partial charge in [-0.1, -0.05) is 36.4 Å². The van der Waals surface area contributed by atoms with Crippen LogP contribution in [-0.2, 0) is 23.1 Å². The number of benzene rings is 2. The lowest BCUT2D eigenvalue weighted by Crippen LogP contribution is -2.42. The number of carbonyl (C=O) groups is 2. The van der Waals surface area contributed by atoms with Gasteiger partial charge in [-0.25, -0.2) is 9.18 Å². The number of nitrogens with zero attached hydrogens (tertiary/aromatic N) is 2. The SMILES string of the molecule is Cn1cc(C[C@H](NC(=O)/C(C#N)=C\c2ccccc2F)C(=O)O)c2ccccc21. The zero-order valence-corrected chi connectivity index (χ0v) is 15.6. The van der Waals surface area contributed by atoms with Crippen LogP contribution in [0.3, 0.4) is 0 Å². The standard InChI is InChI=1S/C22H18FN3O3/c1-26-13-16(17-7-3-5-9-20(17)26)11-19(22(28)29)25-21(27)15(12-24)10-14-6-2-4-8-18(14)23/h2-10,13,19H,11H2,1H3,(H,25,27)(H,28,29)/b15-10-/t19-/m0/s1. The van der Waals surface area contributed by atoms with E-state index in [1.54, 1.807) is 12.1 Å². The number of amides is 1. The van der Waals surface area contributed by atoms with E-state index in [9.17, 15) is 24.3 Å². The largest absolute Gasteiger partial charge is 0.480 e. The normalized spacial score (nSPS) is 12.4. The quantitative estimate of drug-likeness (QED) is 0.499. The van der Waals surface area contributed by atoms with E-state index in [0.717, 1.165) is 22.5 Å². The molecular formula is C22H18FN3O3. The first-order valence-corrected chi connectivity index (χ1v) is 8.83. The number of carboxylic acid groups (broad SMARTS) is 1. The lowest BCUT2D eigenvalue weighted by Gasteiger charge is -2.14. The van der Waals surface area contributed by atoms with Crippen molar-refractivity contribution in [2.45, 2.75) is 12.5 Å². The topological polar surface area (TPSA) is 95.1 Å². The third kappa shape index (κ3) is 4.33. The van der Waals surface area contributed by atoms with E-state index in [-0.39, 0.29) is 17.6 Å². The third-order valence-electron chi connectivity index (χ3n) is 4.58. The number of carboxylic acids is 1. The Balaban J connectivity index is 1.84. The molecule has 146 valence electrons. The molecule has 3 rings (SSSR count). The number of nitriles is 1. The predicted octanol–water partition coefficient (Wildman–Crippen LogP) is 3.04. The third-order valence-corrected chi connectivity index (χ3v) is 4.58. The van der Waals surface area contributed by atoms with Crippen molar-refractivity contribution in [2.75, 3.05) is 0 Å². The smallest absolute Gasteiger partial charge is 0.326 e. The number of halogens is 1. The van der Waals surface area contributed by atoms with Gasteiger partial charge in [0.25, 0.3) is 5.91 Å². The van der Waals surface area contributed by atoms with Gasteiger partial charge in [0.05, 0.1) is 0 Å². The molecule has 1 amide bonds. The van der Waals surface area contributed by atoms with Crippen molar-refractivity contribution in [2.24, 2.45) is 7.05 Å². The number of aromatic nitrogens is 1. The second kappa shape index (κ2) is 8.40. The van der Waals surface area contributed by atoms with E-state index in [2.05, 4.69) is 5.32 Å². The Morgan fingerprint density at radius 1 is 1.24 bits per heavy atom. The van der Waals surface area contributed by atoms with Crippen LogP contribution in [0.15, 0.2) is 60.3 Å². The number of nitrogens with one attached hydrogen (secondary N) is 1. The first-order chi connectivity index (χ1) is 13.9. The number of aryl methyl sites for hydroxylation is 1. The molecule has 6 nitrogen and oxygen atoms in total. The Labute approximate surface area is 166 Å². The molecule has 0 aliphatic carbocycles. The highest BCUT2D eigenvalue weighted by Crippen LogP contribution is 2.22. The van der Waals surface area contributed by atoms with Gasteiger partial charge in [-0.05, 0) is 23.8 Å². The van der Waals surface area contributed by atoms with E-state index < -0.39 is 23.7 Å². The monoisotopic (exact) mass is 391 g/mol. The van der Waals surface area contributed by atoms with E-state index >= 15 is 0 Å². The van der Waals surface area contributed by atoms with Crippen molar-refractivity contribution in [3.05, 3.63) is 77.2 Å². The van der Waals surface area contributed by atoms with Crippen LogP contribution in [0.25, 0.3) is 17.0 Å². The summed E-state index contributed by atoms with van der Waals surface area (Å²) < 4.78 is 15.7. The summed E-state index contributed by atoms with van der Waals surface area (Å²) in [7, 11) is 1.85. The minimum Gasteiger partial charge on any atom is -0.480 e. The maximum absolute atomic E-state index is 13.8. The fraction of sp³-hybridized carbons (Fsp3) is 0.136. The molecule has 1 aromatic heterocycles. The Hall–Kier alpha value is -3.92. The lowest BCUT2D eigenvalue weighted by molar-refractivity contribution is -0.141. The Morgan fingerprint density at radius 3 is 2.62 bits per heavy atom. The number of hydrogen-bond acceptors (Lipinski definition) is 3. The molecule has 1 atom stereocenters. The molecule has 0 bridgehead atoms. The second-order valence-corrected chi connectivity index (χ2v) is 6.54. The Bertz CT molecular complexity index is 1160. The van der Waals surface area contributed by atoms with Crippen LogP contribution >= 0.6 is 0 Å². The zero-order valence-electron chi connectivity index (χ0n) is 15.6. The zero-order chi connectivity index (χ0) is 21.0. The average molecular weight is 391 g/mol. The van der Waals surface area contributed by atoms with Crippen molar-refractivity contribution in [3.63, 3.8) is 0 Å². The molecule has 0 fully saturated rings. The van der Waals surface area contributed by atoms with Crippen LogP contribution in [0.4, 0.5) is 4.39 Å². The first-order valence-electron chi connectivity index (χ1n) is 8.83. The summed E-state index contributed by atoms with van der Waals surface area (Å²) >= 11 is 0. The number of hydrogen-bond donors (Lipinski definition) is 2. The lowest BCUT2D eigenvalue weighted by atomic mass is 10.0. The highest BCUT2D eigenvalue weighted by Gasteiger charge is 2.24. The molecule has 1 heterocycles. The van der Waals surface area contributed by atoms with Crippen molar-refractivity contribution in [1.82, 2.24) is 9.88 Å².